The number of anilines is 1. The molecule has 0 radical (unpaired) electrons. The van der Waals surface area contributed by atoms with Crippen molar-refractivity contribution in [1.82, 2.24) is 4.98 Å². The molecule has 12 heavy (non-hydrogen) atoms. The van der Waals surface area contributed by atoms with Crippen LogP contribution in [0.15, 0.2) is 30.5 Å². The van der Waals surface area contributed by atoms with Crippen LogP contribution < -0.4 is 5.32 Å². The summed E-state index contributed by atoms with van der Waals surface area (Å²) in [6.07, 6.45) is 1.95. The van der Waals surface area contributed by atoms with Crippen molar-refractivity contribution in [2.75, 3.05) is 12.4 Å². The number of H-pyrrole nitrogens is 1. The van der Waals surface area contributed by atoms with Crippen molar-refractivity contribution >= 4 is 29.0 Å². The van der Waals surface area contributed by atoms with Crippen molar-refractivity contribution in [3.05, 3.63) is 30.5 Å². The second-order valence-electron chi connectivity index (χ2n) is 2.50. The molecule has 1 heterocycles. The van der Waals surface area contributed by atoms with Gasteiger partial charge in [0, 0.05) is 18.6 Å². The van der Waals surface area contributed by atoms with E-state index >= 15 is 0 Å². The Bertz CT molecular complexity index is 367. The van der Waals surface area contributed by atoms with Gasteiger partial charge >= 0.3 is 0 Å². The van der Waals surface area contributed by atoms with Crippen molar-refractivity contribution in [3.8, 4) is 0 Å². The van der Waals surface area contributed by atoms with Crippen LogP contribution >= 0.6 is 12.4 Å². The molecule has 0 saturated heterocycles. The molecule has 3 heteroatoms. The standard InChI is InChI=1S/C9H10N2.ClH/c1-10-8-4-2-3-7-5-6-11-9(7)8;/h2-6,10-11H,1H3;1H. The van der Waals surface area contributed by atoms with Crippen LogP contribution in [0.3, 0.4) is 0 Å². The Morgan fingerprint density at radius 1 is 1.25 bits per heavy atom. The molecule has 0 aliphatic heterocycles. The number of aromatic amines is 1. The molecule has 0 bridgehead atoms. The van der Waals surface area contributed by atoms with Gasteiger partial charge in [-0.2, -0.15) is 0 Å². The zero-order valence-electron chi connectivity index (χ0n) is 6.79. The molecule has 1 aromatic carbocycles. The molecule has 1 aromatic heterocycles. The summed E-state index contributed by atoms with van der Waals surface area (Å²) in [6, 6.07) is 8.25. The van der Waals surface area contributed by atoms with Gasteiger partial charge in [0.1, 0.15) is 0 Å². The first-order chi connectivity index (χ1) is 5.42. The number of benzene rings is 1. The molecule has 0 fully saturated rings. The van der Waals surface area contributed by atoms with E-state index in [0.717, 1.165) is 5.69 Å². The summed E-state index contributed by atoms with van der Waals surface area (Å²) in [5.74, 6) is 0. The highest BCUT2D eigenvalue weighted by Crippen LogP contribution is 2.20. The number of fused-ring (bicyclic) bond motifs is 1. The highest BCUT2D eigenvalue weighted by molar-refractivity contribution is 5.90. The fourth-order valence-corrected chi connectivity index (χ4v) is 1.29. The van der Waals surface area contributed by atoms with Crippen LogP contribution in [0.1, 0.15) is 0 Å². The summed E-state index contributed by atoms with van der Waals surface area (Å²) >= 11 is 0. The average Bonchev–Trinajstić information content (AvgIpc) is 2.50. The number of hydrogen-bond acceptors (Lipinski definition) is 1. The molecule has 0 saturated carbocycles. The Morgan fingerprint density at radius 2 is 2.08 bits per heavy atom. The molecule has 0 aliphatic rings. The van der Waals surface area contributed by atoms with Crippen molar-refractivity contribution in [2.45, 2.75) is 0 Å². The minimum absolute atomic E-state index is 0. The van der Waals surface area contributed by atoms with Gasteiger partial charge < -0.3 is 10.3 Å². The predicted octanol–water partition coefficient (Wildman–Crippen LogP) is 2.63. The van der Waals surface area contributed by atoms with E-state index in [4.69, 9.17) is 0 Å². The lowest BCUT2D eigenvalue weighted by atomic mass is 10.2. The molecule has 64 valence electrons. The average molecular weight is 183 g/mol. The molecule has 2 nitrogen and oxygen atoms in total. The van der Waals surface area contributed by atoms with E-state index in [9.17, 15) is 0 Å². The second kappa shape index (κ2) is 3.50. The Morgan fingerprint density at radius 3 is 2.83 bits per heavy atom. The Hall–Kier alpha value is -1.15. The normalized spacial score (nSPS) is 9.42. The van der Waals surface area contributed by atoms with E-state index in [-0.39, 0.29) is 12.4 Å². The van der Waals surface area contributed by atoms with Crippen molar-refractivity contribution in [3.63, 3.8) is 0 Å². The van der Waals surface area contributed by atoms with Gasteiger partial charge in [0.15, 0.2) is 0 Å². The van der Waals surface area contributed by atoms with Crippen LogP contribution in [0.2, 0.25) is 0 Å². The fourth-order valence-electron chi connectivity index (χ4n) is 1.29. The smallest absolute Gasteiger partial charge is 0.0689 e. The number of rotatable bonds is 1. The van der Waals surface area contributed by atoms with Crippen LogP contribution in [0.4, 0.5) is 5.69 Å². The Kier molecular flexibility index (Phi) is 2.61. The zero-order valence-corrected chi connectivity index (χ0v) is 7.61. The third-order valence-corrected chi connectivity index (χ3v) is 1.86. The molecule has 0 aliphatic carbocycles. The number of hydrogen-bond donors (Lipinski definition) is 2. The maximum atomic E-state index is 3.18. The van der Waals surface area contributed by atoms with E-state index in [1.54, 1.807) is 0 Å². The van der Waals surface area contributed by atoms with Gasteiger partial charge in [-0.3, -0.25) is 0 Å². The molecule has 2 aromatic rings. The van der Waals surface area contributed by atoms with E-state index < -0.39 is 0 Å². The second-order valence-corrected chi connectivity index (χ2v) is 2.50. The van der Waals surface area contributed by atoms with Gasteiger partial charge in [-0.15, -0.1) is 12.4 Å². The largest absolute Gasteiger partial charge is 0.386 e. The molecule has 0 spiro atoms. The van der Waals surface area contributed by atoms with Gasteiger partial charge in [0.2, 0.25) is 0 Å². The third-order valence-electron chi connectivity index (χ3n) is 1.86. The first-order valence-electron chi connectivity index (χ1n) is 3.65. The topological polar surface area (TPSA) is 27.8 Å². The molecule has 0 unspecified atom stereocenters. The summed E-state index contributed by atoms with van der Waals surface area (Å²) < 4.78 is 0. The van der Waals surface area contributed by atoms with E-state index in [1.165, 1.54) is 10.9 Å². The van der Waals surface area contributed by atoms with Crippen molar-refractivity contribution in [2.24, 2.45) is 0 Å². The lowest BCUT2D eigenvalue weighted by Gasteiger charge is -1.99. The molecule has 2 rings (SSSR count). The molecule has 0 amide bonds. The fraction of sp³-hybridized carbons (Fsp3) is 0.111. The molecule has 0 atom stereocenters. The van der Waals surface area contributed by atoms with Gasteiger partial charge in [-0.1, -0.05) is 12.1 Å². The van der Waals surface area contributed by atoms with Crippen LogP contribution in [-0.2, 0) is 0 Å². The predicted molar refractivity (Wildman–Crippen MR) is 55.1 cm³/mol. The highest BCUT2D eigenvalue weighted by atomic mass is 35.5. The summed E-state index contributed by atoms with van der Waals surface area (Å²) in [5.41, 5.74) is 2.32. The monoisotopic (exact) mass is 182 g/mol. The van der Waals surface area contributed by atoms with Crippen molar-refractivity contribution in [1.29, 1.82) is 0 Å². The van der Waals surface area contributed by atoms with Crippen LogP contribution in [0.5, 0.6) is 0 Å². The summed E-state index contributed by atoms with van der Waals surface area (Å²) in [7, 11) is 1.93. The summed E-state index contributed by atoms with van der Waals surface area (Å²) in [4.78, 5) is 3.18. The molecule has 2 N–H and O–H groups in total. The van der Waals surface area contributed by atoms with E-state index in [1.807, 2.05) is 19.3 Å². The van der Waals surface area contributed by atoms with Crippen LogP contribution in [-0.4, -0.2) is 12.0 Å². The first kappa shape index (κ1) is 8.94. The SMILES string of the molecule is CNc1cccc2cc[nH]c12.Cl. The minimum Gasteiger partial charge on any atom is -0.386 e. The van der Waals surface area contributed by atoms with Crippen LogP contribution in [0.25, 0.3) is 10.9 Å². The molecular weight excluding hydrogens is 172 g/mol. The highest BCUT2D eigenvalue weighted by Gasteiger charge is 1.96. The van der Waals surface area contributed by atoms with E-state index in [2.05, 4.69) is 28.5 Å². The van der Waals surface area contributed by atoms with Gasteiger partial charge in [0.25, 0.3) is 0 Å². The number of para-hydroxylation sites is 1. The lowest BCUT2D eigenvalue weighted by molar-refractivity contribution is 1.45. The lowest BCUT2D eigenvalue weighted by Crippen LogP contribution is -1.87. The Labute approximate surface area is 77.4 Å². The third kappa shape index (κ3) is 1.25. The number of nitrogens with one attached hydrogen (secondary N) is 2. The maximum absolute atomic E-state index is 3.18. The van der Waals surface area contributed by atoms with Crippen LogP contribution in [0, 0.1) is 0 Å². The minimum atomic E-state index is 0. The maximum Gasteiger partial charge on any atom is 0.0689 e. The van der Waals surface area contributed by atoms with E-state index in [0.29, 0.717) is 0 Å². The first-order valence-corrected chi connectivity index (χ1v) is 3.65. The summed E-state index contributed by atoms with van der Waals surface area (Å²) in [5, 5.41) is 4.37. The number of aromatic nitrogens is 1. The Balaban J connectivity index is 0.000000720. The van der Waals surface area contributed by atoms with Crippen molar-refractivity contribution < 1.29 is 0 Å². The number of halogens is 1. The van der Waals surface area contributed by atoms with Gasteiger partial charge in [-0.25, -0.2) is 0 Å². The zero-order chi connectivity index (χ0) is 7.68. The summed E-state index contributed by atoms with van der Waals surface area (Å²) in [6.45, 7) is 0. The molecular formula is C9H11ClN2. The van der Waals surface area contributed by atoms with Gasteiger partial charge in [-0.05, 0) is 12.1 Å². The quantitative estimate of drug-likeness (QED) is 0.697. The van der Waals surface area contributed by atoms with Gasteiger partial charge in [0.05, 0.1) is 11.2 Å².